The van der Waals surface area contributed by atoms with E-state index in [0.29, 0.717) is 0 Å². The topological polar surface area (TPSA) is 57.6 Å². The second-order valence-corrected chi connectivity index (χ2v) is 5.47. The van der Waals surface area contributed by atoms with Crippen LogP contribution < -0.4 is 0 Å². The van der Waals surface area contributed by atoms with E-state index in [2.05, 4.69) is 0 Å². The van der Waals surface area contributed by atoms with E-state index in [1.807, 2.05) is 13.8 Å². The van der Waals surface area contributed by atoms with Gasteiger partial charge >= 0.3 is 5.97 Å². The van der Waals surface area contributed by atoms with Crippen LogP contribution in [0.2, 0.25) is 0 Å². The Balaban J connectivity index is 2.91. The summed E-state index contributed by atoms with van der Waals surface area (Å²) in [6.45, 7) is 3.74. The maximum absolute atomic E-state index is 12.1. The molecule has 0 unspecified atom stereocenters. The Hall–Kier alpha value is -1.32. The van der Waals surface area contributed by atoms with Crippen molar-refractivity contribution in [1.29, 1.82) is 0 Å². The van der Waals surface area contributed by atoms with Crippen molar-refractivity contribution in [1.82, 2.24) is 4.90 Å². The Morgan fingerprint density at radius 2 is 1.78 bits per heavy atom. The number of hydrogen-bond acceptors (Lipinski definition) is 2. The number of rotatable bonds is 4. The molecule has 4 nitrogen and oxygen atoms in total. The fourth-order valence-corrected chi connectivity index (χ4v) is 2.70. The van der Waals surface area contributed by atoms with Gasteiger partial charge in [-0.15, -0.1) is 0 Å². The highest BCUT2D eigenvalue weighted by Crippen LogP contribution is 2.36. The van der Waals surface area contributed by atoms with Crippen LogP contribution in [-0.4, -0.2) is 34.5 Å². The quantitative estimate of drug-likeness (QED) is 0.783. The van der Waals surface area contributed by atoms with E-state index in [9.17, 15) is 9.59 Å². The SMILES string of the molecule is CC(C)=CC(=O)N(C)C1(CC(=O)O)CCCCC1. The summed E-state index contributed by atoms with van der Waals surface area (Å²) >= 11 is 0. The summed E-state index contributed by atoms with van der Waals surface area (Å²) in [6.07, 6.45) is 6.34. The number of likely N-dealkylation sites (N-methyl/N-ethyl adjacent to an activating group) is 1. The standard InChI is InChI=1S/C14H23NO3/c1-11(2)9-12(16)15(3)14(10-13(17)18)7-5-4-6-8-14/h9H,4-8,10H2,1-3H3,(H,17,18). The van der Waals surface area contributed by atoms with Gasteiger partial charge in [-0.25, -0.2) is 0 Å². The smallest absolute Gasteiger partial charge is 0.305 e. The van der Waals surface area contributed by atoms with Crippen molar-refractivity contribution in [3.8, 4) is 0 Å². The van der Waals surface area contributed by atoms with Gasteiger partial charge in [-0.3, -0.25) is 9.59 Å². The van der Waals surface area contributed by atoms with Gasteiger partial charge in [0.25, 0.3) is 0 Å². The van der Waals surface area contributed by atoms with Gasteiger partial charge in [0.15, 0.2) is 0 Å². The summed E-state index contributed by atoms with van der Waals surface area (Å²) in [5, 5.41) is 9.09. The van der Waals surface area contributed by atoms with Crippen LogP contribution in [0.5, 0.6) is 0 Å². The van der Waals surface area contributed by atoms with Crippen molar-refractivity contribution in [2.45, 2.75) is 57.9 Å². The second-order valence-electron chi connectivity index (χ2n) is 5.47. The van der Waals surface area contributed by atoms with Crippen LogP contribution in [0, 0.1) is 0 Å². The molecular weight excluding hydrogens is 230 g/mol. The summed E-state index contributed by atoms with van der Waals surface area (Å²) in [6, 6.07) is 0. The monoisotopic (exact) mass is 253 g/mol. The van der Waals surface area contributed by atoms with Crippen LogP contribution >= 0.6 is 0 Å². The molecule has 0 aliphatic heterocycles. The normalized spacial score (nSPS) is 17.9. The van der Waals surface area contributed by atoms with Crippen molar-refractivity contribution < 1.29 is 14.7 Å². The molecule has 0 atom stereocenters. The van der Waals surface area contributed by atoms with Crippen LogP contribution in [-0.2, 0) is 9.59 Å². The molecule has 0 heterocycles. The van der Waals surface area contributed by atoms with E-state index in [1.165, 1.54) is 0 Å². The van der Waals surface area contributed by atoms with Gasteiger partial charge < -0.3 is 10.0 Å². The predicted octanol–water partition coefficient (Wildman–Crippen LogP) is 2.59. The Labute approximate surface area is 109 Å². The molecule has 0 spiro atoms. The number of aliphatic carboxylic acids is 1. The molecule has 0 radical (unpaired) electrons. The lowest BCUT2D eigenvalue weighted by atomic mass is 9.78. The molecule has 0 aromatic heterocycles. The minimum Gasteiger partial charge on any atom is -0.481 e. The van der Waals surface area contributed by atoms with Crippen molar-refractivity contribution >= 4 is 11.9 Å². The lowest BCUT2D eigenvalue weighted by Crippen LogP contribution is -2.51. The van der Waals surface area contributed by atoms with E-state index in [4.69, 9.17) is 5.11 Å². The molecule has 1 N–H and O–H groups in total. The second kappa shape index (κ2) is 6.03. The molecule has 0 aromatic rings. The van der Waals surface area contributed by atoms with Gasteiger partial charge in [0, 0.05) is 13.1 Å². The third-order valence-corrected chi connectivity index (χ3v) is 3.72. The van der Waals surface area contributed by atoms with Crippen molar-refractivity contribution in [2.24, 2.45) is 0 Å². The summed E-state index contributed by atoms with van der Waals surface area (Å²) in [5.41, 5.74) is 0.445. The third-order valence-electron chi connectivity index (χ3n) is 3.72. The molecule has 1 aliphatic rings. The van der Waals surface area contributed by atoms with E-state index >= 15 is 0 Å². The number of hydrogen-bond donors (Lipinski definition) is 1. The van der Waals surface area contributed by atoms with Crippen molar-refractivity contribution in [3.05, 3.63) is 11.6 Å². The van der Waals surface area contributed by atoms with Crippen LogP contribution in [0.1, 0.15) is 52.4 Å². The molecule has 1 amide bonds. The zero-order chi connectivity index (χ0) is 13.8. The fraction of sp³-hybridized carbons (Fsp3) is 0.714. The minimum atomic E-state index is -0.825. The van der Waals surface area contributed by atoms with Gasteiger partial charge in [-0.1, -0.05) is 24.8 Å². The molecule has 0 bridgehead atoms. The first-order valence-electron chi connectivity index (χ1n) is 6.52. The molecule has 102 valence electrons. The van der Waals surface area contributed by atoms with E-state index in [1.54, 1.807) is 18.0 Å². The molecular formula is C14H23NO3. The molecule has 4 heteroatoms. The molecule has 18 heavy (non-hydrogen) atoms. The number of carboxylic acid groups (broad SMARTS) is 1. The molecule has 1 aliphatic carbocycles. The van der Waals surface area contributed by atoms with Crippen molar-refractivity contribution in [3.63, 3.8) is 0 Å². The van der Waals surface area contributed by atoms with E-state index in [-0.39, 0.29) is 12.3 Å². The number of carbonyl (C=O) groups is 2. The van der Waals surface area contributed by atoms with E-state index < -0.39 is 11.5 Å². The highest BCUT2D eigenvalue weighted by atomic mass is 16.4. The average Bonchev–Trinajstić information content (AvgIpc) is 2.27. The summed E-state index contributed by atoms with van der Waals surface area (Å²) < 4.78 is 0. The highest BCUT2D eigenvalue weighted by molar-refractivity contribution is 5.89. The van der Waals surface area contributed by atoms with Gasteiger partial charge in [0.1, 0.15) is 0 Å². The Kier molecular flexibility index (Phi) is 4.93. The van der Waals surface area contributed by atoms with Gasteiger partial charge in [-0.05, 0) is 26.7 Å². The first kappa shape index (κ1) is 14.7. The largest absolute Gasteiger partial charge is 0.481 e. The lowest BCUT2D eigenvalue weighted by molar-refractivity contribution is -0.144. The first-order valence-corrected chi connectivity index (χ1v) is 6.52. The highest BCUT2D eigenvalue weighted by Gasteiger charge is 2.39. The van der Waals surface area contributed by atoms with Gasteiger partial charge in [-0.2, -0.15) is 0 Å². The minimum absolute atomic E-state index is 0.0475. The third kappa shape index (κ3) is 3.59. The predicted molar refractivity (Wildman–Crippen MR) is 70.3 cm³/mol. The van der Waals surface area contributed by atoms with Gasteiger partial charge in [0.05, 0.1) is 12.0 Å². The first-order chi connectivity index (χ1) is 8.37. The average molecular weight is 253 g/mol. The molecule has 0 saturated heterocycles. The number of nitrogens with zero attached hydrogens (tertiary/aromatic N) is 1. The summed E-state index contributed by atoms with van der Waals surface area (Å²) in [7, 11) is 1.73. The summed E-state index contributed by atoms with van der Waals surface area (Å²) in [4.78, 5) is 24.8. The lowest BCUT2D eigenvalue weighted by Gasteiger charge is -2.43. The zero-order valence-corrected chi connectivity index (χ0v) is 11.5. The Morgan fingerprint density at radius 3 is 2.22 bits per heavy atom. The van der Waals surface area contributed by atoms with Crippen molar-refractivity contribution in [2.75, 3.05) is 7.05 Å². The zero-order valence-electron chi connectivity index (χ0n) is 11.5. The van der Waals surface area contributed by atoms with Crippen LogP contribution in [0.4, 0.5) is 0 Å². The van der Waals surface area contributed by atoms with Crippen LogP contribution in [0.25, 0.3) is 0 Å². The number of amides is 1. The van der Waals surface area contributed by atoms with Crippen LogP contribution in [0.3, 0.4) is 0 Å². The number of allylic oxidation sites excluding steroid dienone is 1. The molecule has 0 aromatic carbocycles. The maximum atomic E-state index is 12.1. The number of carboxylic acids is 1. The Bertz CT molecular complexity index is 350. The van der Waals surface area contributed by atoms with Crippen LogP contribution in [0.15, 0.2) is 11.6 Å². The van der Waals surface area contributed by atoms with E-state index in [0.717, 1.165) is 37.7 Å². The maximum Gasteiger partial charge on any atom is 0.305 e. The fourth-order valence-electron chi connectivity index (χ4n) is 2.70. The number of carbonyl (C=O) groups excluding carboxylic acids is 1. The molecule has 1 fully saturated rings. The molecule has 1 saturated carbocycles. The summed E-state index contributed by atoms with van der Waals surface area (Å²) in [5.74, 6) is -0.910. The molecule has 1 rings (SSSR count). The van der Waals surface area contributed by atoms with Gasteiger partial charge in [0.2, 0.25) is 5.91 Å². The Morgan fingerprint density at radius 1 is 1.22 bits per heavy atom.